The molecule has 0 spiro atoms. The molecule has 3 aromatic carbocycles. The molecule has 0 saturated carbocycles. The number of amides is 1. The lowest BCUT2D eigenvalue weighted by Crippen LogP contribution is -2.41. The molecular weight excluding hydrogens is 452 g/mol. The summed E-state index contributed by atoms with van der Waals surface area (Å²) in [4.78, 5) is 20.5. The maximum absolute atomic E-state index is 13.7. The first-order chi connectivity index (χ1) is 17.7. The van der Waals surface area contributed by atoms with Crippen molar-refractivity contribution in [2.24, 2.45) is 0 Å². The number of carbonyl (C=O) groups is 1. The zero-order valence-corrected chi connectivity index (χ0v) is 20.6. The number of likely N-dealkylation sites (tertiary alicyclic amines) is 1. The average molecular weight is 483 g/mol. The van der Waals surface area contributed by atoms with Crippen molar-refractivity contribution in [1.29, 1.82) is 0 Å². The van der Waals surface area contributed by atoms with Crippen LogP contribution in [0.3, 0.4) is 0 Å². The van der Waals surface area contributed by atoms with Gasteiger partial charge in [-0.15, -0.1) is 0 Å². The van der Waals surface area contributed by atoms with Gasteiger partial charge in [-0.3, -0.25) is 4.79 Å². The van der Waals surface area contributed by atoms with Gasteiger partial charge in [0.05, 0.1) is 43.7 Å². The molecule has 1 aliphatic heterocycles. The van der Waals surface area contributed by atoms with Crippen LogP contribution in [-0.2, 0) is 11.3 Å². The lowest BCUT2D eigenvalue weighted by molar-refractivity contribution is -0.000336. The van der Waals surface area contributed by atoms with Crippen molar-refractivity contribution in [2.45, 2.75) is 25.6 Å². The first kappa shape index (κ1) is 23.8. The predicted molar refractivity (Wildman–Crippen MR) is 140 cm³/mol. The van der Waals surface area contributed by atoms with Gasteiger partial charge in [0, 0.05) is 24.0 Å². The van der Waals surface area contributed by atoms with Gasteiger partial charge in [0.2, 0.25) is 0 Å². The van der Waals surface area contributed by atoms with E-state index in [9.17, 15) is 4.79 Å². The summed E-state index contributed by atoms with van der Waals surface area (Å²) in [7, 11) is 3.22. The van der Waals surface area contributed by atoms with Gasteiger partial charge in [-0.1, -0.05) is 48.5 Å². The number of para-hydroxylation sites is 1. The van der Waals surface area contributed by atoms with Gasteiger partial charge in [0.25, 0.3) is 5.91 Å². The zero-order valence-electron chi connectivity index (χ0n) is 20.6. The monoisotopic (exact) mass is 482 g/mol. The Hall–Kier alpha value is -3.90. The summed E-state index contributed by atoms with van der Waals surface area (Å²) in [5.74, 6) is 1.29. The summed E-state index contributed by atoms with van der Waals surface area (Å²) in [6, 6.07) is 25.6. The normalized spacial score (nSPS) is 14.1. The van der Waals surface area contributed by atoms with Gasteiger partial charge in [0.15, 0.2) is 11.5 Å². The number of aromatic nitrogens is 1. The highest BCUT2D eigenvalue weighted by Crippen LogP contribution is 2.33. The van der Waals surface area contributed by atoms with E-state index in [1.165, 1.54) is 5.56 Å². The minimum absolute atomic E-state index is 0.0248. The molecule has 1 aliphatic rings. The Labute approximate surface area is 211 Å². The molecule has 1 fully saturated rings. The van der Waals surface area contributed by atoms with Crippen molar-refractivity contribution in [3.8, 4) is 22.8 Å². The van der Waals surface area contributed by atoms with Crippen molar-refractivity contribution in [2.75, 3.05) is 27.3 Å². The van der Waals surface area contributed by atoms with Gasteiger partial charge in [-0.2, -0.15) is 0 Å². The Morgan fingerprint density at radius 2 is 1.61 bits per heavy atom. The molecule has 6 nitrogen and oxygen atoms in total. The maximum Gasteiger partial charge on any atom is 0.254 e. The van der Waals surface area contributed by atoms with E-state index in [0.29, 0.717) is 36.8 Å². The van der Waals surface area contributed by atoms with Gasteiger partial charge in [0.1, 0.15) is 0 Å². The lowest BCUT2D eigenvalue weighted by Gasteiger charge is -2.32. The minimum Gasteiger partial charge on any atom is -0.493 e. The molecule has 0 radical (unpaired) electrons. The SMILES string of the molecule is COc1ccc(-c2cc(C(=O)N3CCC(OCc4ccccc4)CC3)c3ccccc3n2)cc1OC. The molecule has 6 heteroatoms. The highest BCUT2D eigenvalue weighted by atomic mass is 16.5. The number of nitrogens with zero attached hydrogens (tertiary/aromatic N) is 2. The standard InChI is InChI=1S/C30H30N2O4/c1-34-28-13-12-22(18-29(28)35-2)27-19-25(24-10-6-7-11-26(24)31-27)30(33)32-16-14-23(15-17-32)36-20-21-8-4-3-5-9-21/h3-13,18-19,23H,14-17,20H2,1-2H3. The Morgan fingerprint density at radius 1 is 0.889 bits per heavy atom. The second-order valence-electron chi connectivity index (χ2n) is 8.93. The number of rotatable bonds is 7. The third-order valence-electron chi connectivity index (χ3n) is 6.68. The predicted octanol–water partition coefficient (Wildman–Crippen LogP) is 5.74. The van der Waals surface area contributed by atoms with Crippen LogP contribution in [-0.4, -0.2) is 49.2 Å². The highest BCUT2D eigenvalue weighted by molar-refractivity contribution is 6.07. The lowest BCUT2D eigenvalue weighted by atomic mass is 10.0. The molecule has 184 valence electrons. The van der Waals surface area contributed by atoms with Crippen LogP contribution < -0.4 is 9.47 Å². The molecule has 4 aromatic rings. The van der Waals surface area contributed by atoms with Crippen molar-refractivity contribution < 1.29 is 19.0 Å². The summed E-state index contributed by atoms with van der Waals surface area (Å²) in [6.07, 6.45) is 1.81. The van der Waals surface area contributed by atoms with E-state index in [1.54, 1.807) is 14.2 Å². The molecule has 1 amide bonds. The van der Waals surface area contributed by atoms with Gasteiger partial charge < -0.3 is 19.1 Å². The van der Waals surface area contributed by atoms with Crippen LogP contribution in [0.25, 0.3) is 22.2 Å². The van der Waals surface area contributed by atoms with Crippen LogP contribution >= 0.6 is 0 Å². The fraction of sp³-hybridized carbons (Fsp3) is 0.267. The number of methoxy groups -OCH3 is 2. The van der Waals surface area contributed by atoms with Crippen LogP contribution in [0.4, 0.5) is 0 Å². The van der Waals surface area contributed by atoms with Crippen molar-refractivity contribution in [3.05, 3.63) is 90.0 Å². The average Bonchev–Trinajstić information content (AvgIpc) is 2.95. The fourth-order valence-electron chi connectivity index (χ4n) is 4.68. The molecule has 1 aromatic heterocycles. The summed E-state index contributed by atoms with van der Waals surface area (Å²) in [5.41, 5.74) is 4.20. The summed E-state index contributed by atoms with van der Waals surface area (Å²) >= 11 is 0. The van der Waals surface area contributed by atoms with Crippen LogP contribution in [0.5, 0.6) is 11.5 Å². The van der Waals surface area contributed by atoms with Gasteiger partial charge >= 0.3 is 0 Å². The molecule has 5 rings (SSSR count). The first-order valence-electron chi connectivity index (χ1n) is 12.2. The molecule has 0 N–H and O–H groups in total. The van der Waals surface area contributed by atoms with Gasteiger partial charge in [-0.05, 0) is 48.7 Å². The van der Waals surface area contributed by atoms with Crippen molar-refractivity contribution >= 4 is 16.8 Å². The van der Waals surface area contributed by atoms with Crippen molar-refractivity contribution in [3.63, 3.8) is 0 Å². The number of piperidine rings is 1. The number of hydrogen-bond acceptors (Lipinski definition) is 5. The van der Waals surface area contributed by atoms with Crippen molar-refractivity contribution in [1.82, 2.24) is 9.88 Å². The summed E-state index contributed by atoms with van der Waals surface area (Å²) in [6.45, 7) is 1.93. The Morgan fingerprint density at radius 3 is 2.36 bits per heavy atom. The Kier molecular flexibility index (Phi) is 7.14. The second kappa shape index (κ2) is 10.8. The summed E-state index contributed by atoms with van der Waals surface area (Å²) < 4.78 is 17.0. The van der Waals surface area contributed by atoms with E-state index >= 15 is 0 Å². The van der Waals surface area contributed by atoms with Crippen LogP contribution in [0.1, 0.15) is 28.8 Å². The van der Waals surface area contributed by atoms with E-state index in [-0.39, 0.29) is 12.0 Å². The molecule has 0 bridgehead atoms. The zero-order chi connectivity index (χ0) is 24.9. The molecule has 0 unspecified atom stereocenters. The molecule has 36 heavy (non-hydrogen) atoms. The van der Waals surface area contributed by atoms with Gasteiger partial charge in [-0.25, -0.2) is 4.98 Å². The van der Waals surface area contributed by atoms with E-state index < -0.39 is 0 Å². The topological polar surface area (TPSA) is 60.9 Å². The first-order valence-corrected chi connectivity index (χ1v) is 12.2. The van der Waals surface area contributed by atoms with E-state index in [2.05, 4.69) is 12.1 Å². The smallest absolute Gasteiger partial charge is 0.254 e. The maximum atomic E-state index is 13.7. The van der Waals surface area contributed by atoms with Crippen LogP contribution in [0.15, 0.2) is 78.9 Å². The number of benzene rings is 3. The second-order valence-corrected chi connectivity index (χ2v) is 8.93. The third-order valence-corrected chi connectivity index (χ3v) is 6.68. The van der Waals surface area contributed by atoms with Crippen LogP contribution in [0.2, 0.25) is 0 Å². The van der Waals surface area contributed by atoms with E-state index in [1.807, 2.05) is 71.6 Å². The minimum atomic E-state index is 0.0248. The summed E-state index contributed by atoms with van der Waals surface area (Å²) in [5, 5.41) is 0.856. The Balaban J connectivity index is 1.36. The molecule has 2 heterocycles. The number of ether oxygens (including phenoxy) is 3. The van der Waals surface area contributed by atoms with E-state index in [4.69, 9.17) is 19.2 Å². The molecule has 0 aliphatic carbocycles. The molecular formula is C30H30N2O4. The molecule has 1 saturated heterocycles. The highest BCUT2D eigenvalue weighted by Gasteiger charge is 2.26. The fourth-order valence-corrected chi connectivity index (χ4v) is 4.68. The number of fused-ring (bicyclic) bond motifs is 1. The number of hydrogen-bond donors (Lipinski definition) is 0. The quantitative estimate of drug-likeness (QED) is 0.336. The largest absolute Gasteiger partial charge is 0.493 e. The Bertz CT molecular complexity index is 1350. The van der Waals surface area contributed by atoms with E-state index in [0.717, 1.165) is 35.0 Å². The molecule has 0 atom stereocenters. The number of pyridine rings is 1. The third kappa shape index (κ3) is 5.04. The van der Waals surface area contributed by atoms with Crippen LogP contribution in [0, 0.1) is 0 Å². The number of carbonyl (C=O) groups excluding carboxylic acids is 1.